The lowest BCUT2D eigenvalue weighted by molar-refractivity contribution is -0.120. The van der Waals surface area contributed by atoms with Gasteiger partial charge < -0.3 is 15.6 Å². The van der Waals surface area contributed by atoms with Gasteiger partial charge in [-0.2, -0.15) is 0 Å². The second-order valence-corrected chi connectivity index (χ2v) is 8.77. The van der Waals surface area contributed by atoms with Gasteiger partial charge in [0.2, 0.25) is 11.8 Å². The molecule has 27 heavy (non-hydrogen) atoms. The van der Waals surface area contributed by atoms with E-state index in [2.05, 4.69) is 22.4 Å². The first-order valence-electron chi connectivity index (χ1n) is 9.22. The number of thioether (sulfide) groups is 1. The lowest BCUT2D eigenvalue weighted by Crippen LogP contribution is -2.41. The van der Waals surface area contributed by atoms with Gasteiger partial charge in [-0.05, 0) is 30.2 Å². The van der Waals surface area contributed by atoms with Crippen LogP contribution in [-0.4, -0.2) is 38.4 Å². The summed E-state index contributed by atoms with van der Waals surface area (Å²) in [6.45, 7) is 2.60. The maximum Gasteiger partial charge on any atom is 0.230 e. The molecule has 0 saturated heterocycles. The Hall–Kier alpha value is -1.87. The molecule has 0 aliphatic heterocycles. The van der Waals surface area contributed by atoms with Crippen LogP contribution in [0.25, 0.3) is 10.7 Å². The van der Waals surface area contributed by atoms with Crippen molar-refractivity contribution in [2.75, 3.05) is 5.75 Å². The number of hydrogen-bond acceptors (Lipinski definition) is 6. The summed E-state index contributed by atoms with van der Waals surface area (Å²) in [4.78, 5) is 24.6. The minimum atomic E-state index is -0.374. The van der Waals surface area contributed by atoms with Crippen LogP contribution in [0.5, 0.6) is 0 Å². The van der Waals surface area contributed by atoms with Gasteiger partial charge in [0.05, 0.1) is 10.6 Å². The second kappa shape index (κ2) is 9.36. The van der Waals surface area contributed by atoms with Gasteiger partial charge in [0.1, 0.15) is 0 Å². The summed E-state index contributed by atoms with van der Waals surface area (Å²) >= 11 is 2.90. The highest BCUT2D eigenvalue weighted by atomic mass is 32.2. The number of carbonyl (C=O) groups excluding carboxylic acids is 2. The Kier molecular flexibility index (Phi) is 6.89. The Morgan fingerprint density at radius 3 is 2.89 bits per heavy atom. The number of nitrogens with zero attached hydrogens (tertiary/aromatic N) is 3. The van der Waals surface area contributed by atoms with Crippen molar-refractivity contribution in [1.82, 2.24) is 20.1 Å². The van der Waals surface area contributed by atoms with E-state index in [-0.39, 0.29) is 30.0 Å². The Morgan fingerprint density at radius 1 is 1.37 bits per heavy atom. The topological polar surface area (TPSA) is 103 Å². The molecule has 1 fully saturated rings. The van der Waals surface area contributed by atoms with Crippen molar-refractivity contribution in [3.63, 3.8) is 0 Å². The van der Waals surface area contributed by atoms with Crippen molar-refractivity contribution >= 4 is 34.9 Å². The summed E-state index contributed by atoms with van der Waals surface area (Å²) in [5.74, 6) is 1.15. The summed E-state index contributed by atoms with van der Waals surface area (Å²) in [7, 11) is 0. The zero-order chi connectivity index (χ0) is 19.2. The van der Waals surface area contributed by atoms with Crippen molar-refractivity contribution in [2.24, 2.45) is 11.7 Å². The Bertz CT molecular complexity index is 775. The fraction of sp³-hybridized carbons (Fsp3) is 0.556. The van der Waals surface area contributed by atoms with Crippen molar-refractivity contribution in [3.8, 4) is 10.7 Å². The molecular formula is C18H25N5O2S2. The average Bonchev–Trinajstić information content (AvgIpc) is 3.29. The highest BCUT2D eigenvalue weighted by Crippen LogP contribution is 2.28. The first-order chi connectivity index (χ1) is 13.0. The molecule has 0 radical (unpaired) electrons. The number of nitrogens with one attached hydrogen (secondary N) is 1. The molecule has 3 rings (SSSR count). The van der Waals surface area contributed by atoms with E-state index in [1.54, 1.807) is 11.3 Å². The van der Waals surface area contributed by atoms with Crippen LogP contribution < -0.4 is 11.1 Å². The van der Waals surface area contributed by atoms with Gasteiger partial charge >= 0.3 is 0 Å². The molecule has 0 spiro atoms. The summed E-state index contributed by atoms with van der Waals surface area (Å²) < 4.78 is 1.87. The van der Waals surface area contributed by atoms with Gasteiger partial charge in [-0.3, -0.25) is 9.59 Å². The lowest BCUT2D eigenvalue weighted by atomic mass is 9.86. The number of nitrogens with two attached hydrogens (primary N) is 1. The molecule has 0 bridgehead atoms. The zero-order valence-corrected chi connectivity index (χ0v) is 17.0. The average molecular weight is 408 g/mol. The van der Waals surface area contributed by atoms with Crippen LogP contribution in [0.1, 0.15) is 39.0 Å². The second-order valence-electron chi connectivity index (χ2n) is 6.88. The van der Waals surface area contributed by atoms with Crippen molar-refractivity contribution < 1.29 is 9.59 Å². The SMILES string of the molecule is C[C@H]1CCCC[C@@H]1NC(=O)CSc1nnc(-c2cccs2)n1CCC(N)=O. The number of amides is 2. The van der Waals surface area contributed by atoms with Crippen LogP contribution in [0.15, 0.2) is 22.7 Å². The number of thiophene rings is 1. The van der Waals surface area contributed by atoms with E-state index >= 15 is 0 Å². The molecule has 146 valence electrons. The van der Waals surface area contributed by atoms with Crippen LogP contribution in [0.4, 0.5) is 0 Å². The molecule has 7 nitrogen and oxygen atoms in total. The molecule has 1 aliphatic rings. The fourth-order valence-electron chi connectivity index (χ4n) is 3.32. The monoisotopic (exact) mass is 407 g/mol. The molecule has 3 N–H and O–H groups in total. The van der Waals surface area contributed by atoms with Gasteiger partial charge in [-0.25, -0.2) is 0 Å². The molecule has 0 unspecified atom stereocenters. The summed E-state index contributed by atoms with van der Waals surface area (Å²) in [5.41, 5.74) is 5.31. The first-order valence-corrected chi connectivity index (χ1v) is 11.1. The van der Waals surface area contributed by atoms with Gasteiger partial charge in [0, 0.05) is 19.0 Å². The largest absolute Gasteiger partial charge is 0.370 e. The third-order valence-corrected chi connectivity index (χ3v) is 6.66. The Balaban J connectivity index is 1.65. The number of primary amides is 1. The summed E-state index contributed by atoms with van der Waals surface area (Å²) in [6.07, 6.45) is 4.85. The van der Waals surface area contributed by atoms with E-state index in [0.29, 0.717) is 23.4 Å². The molecule has 2 aromatic rings. The van der Waals surface area contributed by atoms with Crippen LogP contribution in [0, 0.1) is 5.92 Å². The molecule has 2 aromatic heterocycles. The van der Waals surface area contributed by atoms with Crippen molar-refractivity contribution in [3.05, 3.63) is 17.5 Å². The van der Waals surface area contributed by atoms with E-state index in [9.17, 15) is 9.59 Å². The maximum atomic E-state index is 12.4. The smallest absolute Gasteiger partial charge is 0.230 e. The van der Waals surface area contributed by atoms with Gasteiger partial charge in [0.15, 0.2) is 11.0 Å². The van der Waals surface area contributed by atoms with Crippen LogP contribution in [-0.2, 0) is 16.1 Å². The van der Waals surface area contributed by atoms with Crippen LogP contribution in [0.2, 0.25) is 0 Å². The third kappa shape index (κ3) is 5.32. The highest BCUT2D eigenvalue weighted by Gasteiger charge is 2.23. The molecule has 1 saturated carbocycles. The van der Waals surface area contributed by atoms with Gasteiger partial charge in [0.25, 0.3) is 0 Å². The van der Waals surface area contributed by atoms with E-state index < -0.39 is 0 Å². The lowest BCUT2D eigenvalue weighted by Gasteiger charge is -2.29. The van der Waals surface area contributed by atoms with Crippen LogP contribution >= 0.6 is 23.1 Å². The first kappa shape index (κ1) is 19.9. The number of rotatable bonds is 8. The highest BCUT2D eigenvalue weighted by molar-refractivity contribution is 7.99. The van der Waals surface area contributed by atoms with E-state index in [1.165, 1.54) is 31.0 Å². The predicted molar refractivity (Wildman–Crippen MR) is 107 cm³/mol. The number of hydrogen-bond donors (Lipinski definition) is 2. The van der Waals surface area contributed by atoms with Gasteiger partial charge in [-0.15, -0.1) is 21.5 Å². The standard InChI is InChI=1S/C18H25N5O2S2/c1-12-5-2-3-6-13(12)20-16(25)11-27-18-22-21-17(14-7-4-10-26-14)23(18)9-8-15(19)24/h4,7,10,12-13H,2-3,5-6,8-9,11H2,1H3,(H2,19,24)(H,20,25)/t12-,13-/m0/s1. The zero-order valence-electron chi connectivity index (χ0n) is 15.4. The number of carbonyl (C=O) groups is 2. The predicted octanol–water partition coefficient (Wildman–Crippen LogP) is 2.67. The molecule has 0 aromatic carbocycles. The van der Waals surface area contributed by atoms with Crippen molar-refractivity contribution in [1.29, 1.82) is 0 Å². The molecule has 1 aliphatic carbocycles. The molecule has 2 atom stereocenters. The minimum Gasteiger partial charge on any atom is -0.370 e. The van der Waals surface area contributed by atoms with E-state index in [1.807, 2.05) is 22.1 Å². The Labute approximate surface area is 167 Å². The Morgan fingerprint density at radius 2 is 2.19 bits per heavy atom. The molecular weight excluding hydrogens is 382 g/mol. The quantitative estimate of drug-likeness (QED) is 0.655. The van der Waals surface area contributed by atoms with Crippen molar-refractivity contribution in [2.45, 2.75) is 56.8 Å². The molecule has 2 amide bonds. The minimum absolute atomic E-state index is 0.0147. The van der Waals surface area contributed by atoms with E-state index in [4.69, 9.17) is 5.73 Å². The summed E-state index contributed by atoms with van der Waals surface area (Å²) in [6, 6.07) is 4.17. The van der Waals surface area contributed by atoms with Gasteiger partial charge in [-0.1, -0.05) is 37.6 Å². The molecule has 9 heteroatoms. The maximum absolute atomic E-state index is 12.4. The third-order valence-electron chi connectivity index (χ3n) is 4.83. The molecule has 2 heterocycles. The number of aromatic nitrogens is 3. The van der Waals surface area contributed by atoms with E-state index in [0.717, 1.165) is 11.3 Å². The summed E-state index contributed by atoms with van der Waals surface area (Å²) in [5, 5.41) is 14.2. The normalized spacial score (nSPS) is 19.7. The van der Waals surface area contributed by atoms with Crippen LogP contribution in [0.3, 0.4) is 0 Å². The fourth-order valence-corrected chi connectivity index (χ4v) is 4.81.